The van der Waals surface area contributed by atoms with Crippen LogP contribution in [0, 0.1) is 11.8 Å². The number of hydrogen-bond acceptors (Lipinski definition) is 4. The van der Waals surface area contributed by atoms with Crippen molar-refractivity contribution in [1.82, 2.24) is 10.3 Å². The maximum absolute atomic E-state index is 12.2. The Morgan fingerprint density at radius 1 is 1.65 bits per heavy atom. The predicted molar refractivity (Wildman–Crippen MR) is 76.1 cm³/mol. The highest BCUT2D eigenvalue weighted by atomic mass is 16.5. The van der Waals surface area contributed by atoms with Gasteiger partial charge in [0.1, 0.15) is 5.69 Å². The molecule has 0 bridgehead atoms. The second-order valence-corrected chi connectivity index (χ2v) is 4.99. The largest absolute Gasteiger partial charge is 0.373 e. The second-order valence-electron chi connectivity index (χ2n) is 4.99. The van der Waals surface area contributed by atoms with Crippen molar-refractivity contribution in [3.8, 4) is 11.8 Å². The van der Waals surface area contributed by atoms with Gasteiger partial charge in [0.15, 0.2) is 0 Å². The SMILES string of the molecule is CC1(CNC(=O)c2ncccc2C#CCN)CCCO1. The Balaban J connectivity index is 2.05. The normalized spacial score (nSPS) is 21.1. The third-order valence-corrected chi connectivity index (χ3v) is 3.27. The van der Waals surface area contributed by atoms with Crippen LogP contribution in [0.15, 0.2) is 18.3 Å². The smallest absolute Gasteiger partial charge is 0.271 e. The van der Waals surface area contributed by atoms with E-state index in [2.05, 4.69) is 22.1 Å². The number of carbonyl (C=O) groups excluding carboxylic acids is 1. The fraction of sp³-hybridized carbons (Fsp3) is 0.467. The van der Waals surface area contributed by atoms with E-state index < -0.39 is 0 Å². The Morgan fingerprint density at radius 2 is 2.50 bits per heavy atom. The molecular weight excluding hydrogens is 254 g/mol. The van der Waals surface area contributed by atoms with Crippen LogP contribution in [0.2, 0.25) is 0 Å². The van der Waals surface area contributed by atoms with Crippen molar-refractivity contribution in [2.45, 2.75) is 25.4 Å². The van der Waals surface area contributed by atoms with Crippen LogP contribution in [0.4, 0.5) is 0 Å². The lowest BCUT2D eigenvalue weighted by Gasteiger charge is -2.23. The van der Waals surface area contributed by atoms with E-state index in [-0.39, 0.29) is 18.1 Å². The first kappa shape index (κ1) is 14.5. The van der Waals surface area contributed by atoms with Crippen LogP contribution in [-0.4, -0.2) is 36.2 Å². The molecule has 20 heavy (non-hydrogen) atoms. The van der Waals surface area contributed by atoms with E-state index in [1.807, 2.05) is 6.92 Å². The van der Waals surface area contributed by atoms with E-state index >= 15 is 0 Å². The maximum Gasteiger partial charge on any atom is 0.271 e. The molecule has 1 unspecified atom stereocenters. The average Bonchev–Trinajstić information content (AvgIpc) is 2.90. The van der Waals surface area contributed by atoms with E-state index in [1.54, 1.807) is 18.3 Å². The standard InChI is InChI=1S/C15H19N3O2/c1-15(7-4-10-20-15)11-18-14(19)13-12(5-2-8-16)6-3-9-17-13/h3,6,9H,4,7-8,10-11,16H2,1H3,(H,18,19). The summed E-state index contributed by atoms with van der Waals surface area (Å²) in [6.07, 6.45) is 3.56. The Bertz CT molecular complexity index is 540. The van der Waals surface area contributed by atoms with E-state index in [4.69, 9.17) is 10.5 Å². The van der Waals surface area contributed by atoms with Crippen molar-refractivity contribution >= 4 is 5.91 Å². The number of nitrogens with zero attached hydrogens (tertiary/aromatic N) is 1. The van der Waals surface area contributed by atoms with E-state index in [0.29, 0.717) is 17.8 Å². The van der Waals surface area contributed by atoms with Gasteiger partial charge in [-0.2, -0.15) is 0 Å². The number of rotatable bonds is 3. The number of ether oxygens (including phenoxy) is 1. The molecule has 3 N–H and O–H groups in total. The van der Waals surface area contributed by atoms with Crippen molar-refractivity contribution in [2.75, 3.05) is 19.7 Å². The molecule has 2 rings (SSSR count). The van der Waals surface area contributed by atoms with Crippen LogP contribution in [0.3, 0.4) is 0 Å². The minimum Gasteiger partial charge on any atom is -0.373 e. The first-order chi connectivity index (χ1) is 9.64. The fourth-order valence-electron chi connectivity index (χ4n) is 2.16. The van der Waals surface area contributed by atoms with Crippen LogP contribution < -0.4 is 11.1 Å². The number of aromatic nitrogens is 1. The Kier molecular flexibility index (Phi) is 4.72. The van der Waals surface area contributed by atoms with Gasteiger partial charge < -0.3 is 15.8 Å². The molecule has 1 aliphatic heterocycles. The lowest BCUT2D eigenvalue weighted by molar-refractivity contribution is 0.0205. The van der Waals surface area contributed by atoms with Crippen LogP contribution in [-0.2, 0) is 4.74 Å². The summed E-state index contributed by atoms with van der Waals surface area (Å²) in [5.74, 6) is 5.37. The third kappa shape index (κ3) is 3.56. The Hall–Kier alpha value is -1.90. The molecule has 1 saturated heterocycles. The van der Waals surface area contributed by atoms with Gasteiger partial charge in [-0.05, 0) is 31.9 Å². The van der Waals surface area contributed by atoms with Crippen molar-refractivity contribution in [3.05, 3.63) is 29.6 Å². The lowest BCUT2D eigenvalue weighted by Crippen LogP contribution is -2.40. The maximum atomic E-state index is 12.2. The number of nitrogens with two attached hydrogens (primary N) is 1. The molecule has 1 aromatic rings. The van der Waals surface area contributed by atoms with Crippen molar-refractivity contribution in [2.24, 2.45) is 5.73 Å². The zero-order valence-electron chi connectivity index (χ0n) is 11.6. The second kappa shape index (κ2) is 6.51. The fourth-order valence-corrected chi connectivity index (χ4v) is 2.16. The van der Waals surface area contributed by atoms with Crippen LogP contribution in [0.5, 0.6) is 0 Å². The zero-order chi connectivity index (χ0) is 14.4. The number of carbonyl (C=O) groups is 1. The highest BCUT2D eigenvalue weighted by Gasteiger charge is 2.30. The quantitative estimate of drug-likeness (QED) is 0.794. The summed E-state index contributed by atoms with van der Waals surface area (Å²) in [7, 11) is 0. The van der Waals surface area contributed by atoms with E-state index in [1.165, 1.54) is 0 Å². The summed E-state index contributed by atoms with van der Waals surface area (Å²) in [6, 6.07) is 3.51. The van der Waals surface area contributed by atoms with Gasteiger partial charge in [0.2, 0.25) is 0 Å². The van der Waals surface area contributed by atoms with Gasteiger partial charge in [-0.1, -0.05) is 11.8 Å². The molecular formula is C15H19N3O2. The monoisotopic (exact) mass is 273 g/mol. The highest BCUT2D eigenvalue weighted by molar-refractivity contribution is 5.94. The summed E-state index contributed by atoms with van der Waals surface area (Å²) in [6.45, 7) is 3.49. The third-order valence-electron chi connectivity index (χ3n) is 3.27. The molecule has 106 valence electrons. The summed E-state index contributed by atoms with van der Waals surface area (Å²) in [4.78, 5) is 16.3. The van der Waals surface area contributed by atoms with Gasteiger partial charge in [-0.3, -0.25) is 4.79 Å². The average molecular weight is 273 g/mol. The van der Waals surface area contributed by atoms with Gasteiger partial charge in [-0.15, -0.1) is 0 Å². The number of hydrogen-bond donors (Lipinski definition) is 2. The summed E-state index contributed by atoms with van der Waals surface area (Å²) in [5.41, 5.74) is 6.00. The van der Waals surface area contributed by atoms with E-state index in [9.17, 15) is 4.79 Å². The molecule has 0 aliphatic carbocycles. The molecule has 5 heteroatoms. The molecule has 0 radical (unpaired) electrons. The number of amides is 1. The molecule has 0 saturated carbocycles. The van der Waals surface area contributed by atoms with Crippen molar-refractivity contribution < 1.29 is 9.53 Å². The predicted octanol–water partition coefficient (Wildman–Crippen LogP) is 0.691. The summed E-state index contributed by atoms with van der Waals surface area (Å²) in [5, 5.41) is 2.87. The highest BCUT2D eigenvalue weighted by Crippen LogP contribution is 2.23. The molecule has 1 fully saturated rings. The molecule has 0 aromatic carbocycles. The zero-order valence-corrected chi connectivity index (χ0v) is 11.6. The van der Waals surface area contributed by atoms with E-state index in [0.717, 1.165) is 19.4 Å². The Labute approximate surface area is 118 Å². The van der Waals surface area contributed by atoms with Crippen molar-refractivity contribution in [1.29, 1.82) is 0 Å². The summed E-state index contributed by atoms with van der Waals surface area (Å²) >= 11 is 0. The van der Waals surface area contributed by atoms with Gasteiger partial charge in [-0.25, -0.2) is 4.98 Å². The Morgan fingerprint density at radius 3 is 3.20 bits per heavy atom. The molecule has 1 atom stereocenters. The number of pyridine rings is 1. The topological polar surface area (TPSA) is 77.2 Å². The lowest BCUT2D eigenvalue weighted by atomic mass is 10.0. The van der Waals surface area contributed by atoms with Crippen molar-refractivity contribution in [3.63, 3.8) is 0 Å². The molecule has 1 aromatic heterocycles. The van der Waals surface area contributed by atoms with Gasteiger partial charge in [0.05, 0.1) is 17.7 Å². The molecule has 5 nitrogen and oxygen atoms in total. The number of nitrogens with one attached hydrogen (secondary N) is 1. The first-order valence-electron chi connectivity index (χ1n) is 6.71. The minimum atomic E-state index is -0.270. The molecule has 2 heterocycles. The minimum absolute atomic E-state index is 0.233. The van der Waals surface area contributed by atoms with Crippen LogP contribution in [0.1, 0.15) is 35.8 Å². The van der Waals surface area contributed by atoms with Gasteiger partial charge >= 0.3 is 0 Å². The van der Waals surface area contributed by atoms with Gasteiger partial charge in [0.25, 0.3) is 5.91 Å². The summed E-state index contributed by atoms with van der Waals surface area (Å²) < 4.78 is 5.64. The molecule has 1 amide bonds. The molecule has 1 aliphatic rings. The van der Waals surface area contributed by atoms with Crippen LogP contribution >= 0.6 is 0 Å². The van der Waals surface area contributed by atoms with Gasteiger partial charge in [0, 0.05) is 19.3 Å². The first-order valence-corrected chi connectivity index (χ1v) is 6.71. The molecule has 0 spiro atoms. The van der Waals surface area contributed by atoms with Crippen LogP contribution in [0.25, 0.3) is 0 Å².